The number of nitrogens with two attached hydrogens (primary N) is 1. The Morgan fingerprint density at radius 1 is 1.30 bits per heavy atom. The van der Waals surface area contributed by atoms with Crippen LogP contribution in [0.1, 0.15) is 26.2 Å². The van der Waals surface area contributed by atoms with E-state index in [4.69, 9.17) is 5.90 Å². The third-order valence-corrected chi connectivity index (χ3v) is 2.35. The topological polar surface area (TPSA) is 35.2 Å². The molecule has 2 nitrogen and oxygen atoms in total. The summed E-state index contributed by atoms with van der Waals surface area (Å²) >= 11 is 1.98. The lowest BCUT2D eigenvalue weighted by Crippen LogP contribution is -2.01. The molecule has 0 aromatic heterocycles. The Hall–Kier alpha value is 0.270. The van der Waals surface area contributed by atoms with E-state index in [-0.39, 0.29) is 0 Å². The van der Waals surface area contributed by atoms with Gasteiger partial charge in [-0.05, 0) is 24.3 Å². The third kappa shape index (κ3) is 8.27. The molecular weight excluding hydrogens is 146 g/mol. The fourth-order valence-corrected chi connectivity index (χ4v) is 1.61. The molecule has 0 unspecified atom stereocenters. The molecule has 0 aliphatic heterocycles. The smallest absolute Gasteiger partial charge is 0.0687 e. The van der Waals surface area contributed by atoms with E-state index in [1.807, 2.05) is 11.8 Å². The van der Waals surface area contributed by atoms with E-state index < -0.39 is 0 Å². The highest BCUT2D eigenvalue weighted by molar-refractivity contribution is 7.99. The van der Waals surface area contributed by atoms with Gasteiger partial charge in [-0.1, -0.05) is 13.3 Å². The van der Waals surface area contributed by atoms with Gasteiger partial charge in [-0.15, -0.1) is 0 Å². The first-order chi connectivity index (χ1) is 4.91. The SMILES string of the molecule is CCCCSCCCON. The molecule has 10 heavy (non-hydrogen) atoms. The molecule has 0 aromatic carbocycles. The average molecular weight is 163 g/mol. The second-order valence-electron chi connectivity index (χ2n) is 2.19. The van der Waals surface area contributed by atoms with Crippen LogP contribution in [-0.4, -0.2) is 18.1 Å². The number of thioether (sulfide) groups is 1. The fraction of sp³-hybridized carbons (Fsp3) is 1.00. The zero-order chi connectivity index (χ0) is 7.66. The van der Waals surface area contributed by atoms with Gasteiger partial charge in [0.1, 0.15) is 0 Å². The van der Waals surface area contributed by atoms with E-state index in [1.54, 1.807) is 0 Å². The van der Waals surface area contributed by atoms with Gasteiger partial charge in [0.2, 0.25) is 0 Å². The van der Waals surface area contributed by atoms with Crippen molar-refractivity contribution in [3.05, 3.63) is 0 Å². The third-order valence-electron chi connectivity index (χ3n) is 1.19. The maximum absolute atomic E-state index is 4.86. The molecule has 0 rings (SSSR count). The van der Waals surface area contributed by atoms with Gasteiger partial charge in [-0.3, -0.25) is 0 Å². The van der Waals surface area contributed by atoms with Crippen LogP contribution >= 0.6 is 11.8 Å². The first-order valence-electron chi connectivity index (χ1n) is 3.81. The molecule has 0 heterocycles. The van der Waals surface area contributed by atoms with Gasteiger partial charge in [0.15, 0.2) is 0 Å². The summed E-state index contributed by atoms with van der Waals surface area (Å²) in [6, 6.07) is 0. The molecule has 0 radical (unpaired) electrons. The van der Waals surface area contributed by atoms with Crippen LogP contribution in [0.2, 0.25) is 0 Å². The highest BCUT2D eigenvalue weighted by Crippen LogP contribution is 2.05. The van der Waals surface area contributed by atoms with Crippen LogP contribution in [0.4, 0.5) is 0 Å². The Morgan fingerprint density at radius 3 is 2.60 bits per heavy atom. The molecule has 0 amide bonds. The molecule has 0 bridgehead atoms. The molecule has 0 spiro atoms. The zero-order valence-electron chi connectivity index (χ0n) is 6.64. The normalized spacial score (nSPS) is 10.2. The predicted octanol–water partition coefficient (Wildman–Crippen LogP) is 1.80. The molecule has 0 fully saturated rings. The molecule has 0 saturated carbocycles. The highest BCUT2D eigenvalue weighted by Gasteiger charge is 1.87. The van der Waals surface area contributed by atoms with Crippen LogP contribution in [0.3, 0.4) is 0 Å². The van der Waals surface area contributed by atoms with Gasteiger partial charge in [0.05, 0.1) is 6.61 Å². The van der Waals surface area contributed by atoms with Crippen molar-refractivity contribution in [2.75, 3.05) is 18.1 Å². The number of hydrogen-bond acceptors (Lipinski definition) is 3. The Kier molecular flexibility index (Phi) is 9.52. The van der Waals surface area contributed by atoms with Crippen LogP contribution in [-0.2, 0) is 4.84 Å². The fourth-order valence-electron chi connectivity index (χ4n) is 0.593. The summed E-state index contributed by atoms with van der Waals surface area (Å²) < 4.78 is 0. The van der Waals surface area contributed by atoms with Gasteiger partial charge in [-0.2, -0.15) is 11.8 Å². The lowest BCUT2D eigenvalue weighted by atomic mass is 10.4. The molecular formula is C7H17NOS. The van der Waals surface area contributed by atoms with Gasteiger partial charge in [0, 0.05) is 0 Å². The number of unbranched alkanes of at least 4 members (excludes halogenated alkanes) is 1. The van der Waals surface area contributed by atoms with Crippen molar-refractivity contribution in [1.29, 1.82) is 0 Å². The van der Waals surface area contributed by atoms with Crippen molar-refractivity contribution in [2.24, 2.45) is 5.90 Å². The van der Waals surface area contributed by atoms with E-state index >= 15 is 0 Å². The Labute approximate surface area is 67.5 Å². The molecule has 0 aliphatic rings. The standard InChI is InChI=1S/C7H17NOS/c1-2-3-6-10-7-4-5-9-8/h2-8H2,1H3. The molecule has 3 heteroatoms. The van der Waals surface area contributed by atoms with Crippen LogP contribution in [0.15, 0.2) is 0 Å². The summed E-state index contributed by atoms with van der Waals surface area (Å²) in [5.41, 5.74) is 0. The summed E-state index contributed by atoms with van der Waals surface area (Å²) in [6.07, 6.45) is 3.69. The van der Waals surface area contributed by atoms with Crippen LogP contribution in [0.5, 0.6) is 0 Å². The molecule has 2 N–H and O–H groups in total. The quantitative estimate of drug-likeness (QED) is 0.459. The summed E-state index contributed by atoms with van der Waals surface area (Å²) in [5.74, 6) is 7.32. The first kappa shape index (κ1) is 10.3. The van der Waals surface area contributed by atoms with Crippen molar-refractivity contribution in [3.63, 3.8) is 0 Å². The molecule has 0 saturated heterocycles. The van der Waals surface area contributed by atoms with Gasteiger partial charge < -0.3 is 4.84 Å². The van der Waals surface area contributed by atoms with Crippen molar-refractivity contribution in [1.82, 2.24) is 0 Å². The lowest BCUT2D eigenvalue weighted by molar-refractivity contribution is 0.139. The average Bonchev–Trinajstić information content (AvgIpc) is 1.97. The maximum Gasteiger partial charge on any atom is 0.0687 e. The summed E-state index contributed by atoms with van der Waals surface area (Å²) in [4.78, 5) is 4.44. The van der Waals surface area contributed by atoms with E-state index in [1.165, 1.54) is 24.3 Å². The molecule has 62 valence electrons. The van der Waals surface area contributed by atoms with Gasteiger partial charge in [0.25, 0.3) is 0 Å². The minimum Gasteiger partial charge on any atom is -0.305 e. The van der Waals surface area contributed by atoms with E-state index in [0.717, 1.165) is 6.42 Å². The monoisotopic (exact) mass is 163 g/mol. The zero-order valence-corrected chi connectivity index (χ0v) is 7.45. The minimum atomic E-state index is 0.694. The Bertz CT molecular complexity index is 53.6. The lowest BCUT2D eigenvalue weighted by Gasteiger charge is -1.98. The second kappa shape index (κ2) is 9.27. The summed E-state index contributed by atoms with van der Waals surface area (Å²) in [7, 11) is 0. The Morgan fingerprint density at radius 2 is 2.00 bits per heavy atom. The van der Waals surface area contributed by atoms with Crippen molar-refractivity contribution >= 4 is 11.8 Å². The van der Waals surface area contributed by atoms with Crippen LogP contribution < -0.4 is 5.90 Å². The highest BCUT2D eigenvalue weighted by atomic mass is 32.2. The predicted molar refractivity (Wildman–Crippen MR) is 47.0 cm³/mol. The molecule has 0 atom stereocenters. The maximum atomic E-state index is 4.86. The summed E-state index contributed by atoms with van der Waals surface area (Å²) in [5, 5.41) is 0. The van der Waals surface area contributed by atoms with Gasteiger partial charge >= 0.3 is 0 Å². The largest absolute Gasteiger partial charge is 0.305 e. The van der Waals surface area contributed by atoms with Crippen LogP contribution in [0.25, 0.3) is 0 Å². The second-order valence-corrected chi connectivity index (χ2v) is 3.42. The van der Waals surface area contributed by atoms with E-state index in [9.17, 15) is 0 Å². The first-order valence-corrected chi connectivity index (χ1v) is 4.96. The Balaban J connectivity index is 2.65. The molecule has 0 aliphatic carbocycles. The van der Waals surface area contributed by atoms with E-state index in [2.05, 4.69) is 11.8 Å². The summed E-state index contributed by atoms with van der Waals surface area (Å²) in [6.45, 7) is 2.91. The van der Waals surface area contributed by atoms with Crippen molar-refractivity contribution in [3.8, 4) is 0 Å². The number of rotatable bonds is 7. The van der Waals surface area contributed by atoms with Crippen molar-refractivity contribution in [2.45, 2.75) is 26.2 Å². The van der Waals surface area contributed by atoms with Crippen LogP contribution in [0, 0.1) is 0 Å². The number of hydrogen-bond donors (Lipinski definition) is 1. The molecule has 0 aromatic rings. The van der Waals surface area contributed by atoms with Gasteiger partial charge in [-0.25, -0.2) is 5.90 Å². The van der Waals surface area contributed by atoms with Crippen molar-refractivity contribution < 1.29 is 4.84 Å². The minimum absolute atomic E-state index is 0.694. The van der Waals surface area contributed by atoms with E-state index in [0.29, 0.717) is 6.61 Å².